The molecule has 0 saturated heterocycles. The fourth-order valence-corrected chi connectivity index (χ4v) is 2.18. The highest BCUT2D eigenvalue weighted by molar-refractivity contribution is 6.16. The summed E-state index contributed by atoms with van der Waals surface area (Å²) in [5, 5.41) is 0. The highest BCUT2D eigenvalue weighted by atomic mass is 16.5. The zero-order chi connectivity index (χ0) is 13.1. The third kappa shape index (κ3) is 2.40. The second-order valence-corrected chi connectivity index (χ2v) is 4.40. The standard InChI is InChI=1S/C16H13NO2/c18-16-14(13-7-4-10-17-11-13)8-9-15(19-16)12-5-2-1-3-6-12/h1-8,10-11,15H,9H2. The van der Waals surface area contributed by atoms with Gasteiger partial charge in [0.15, 0.2) is 0 Å². The smallest absolute Gasteiger partial charge is 0.339 e. The van der Waals surface area contributed by atoms with Crippen LogP contribution >= 0.6 is 0 Å². The molecule has 3 rings (SSSR count). The van der Waals surface area contributed by atoms with E-state index in [9.17, 15) is 4.79 Å². The van der Waals surface area contributed by atoms with Crippen molar-refractivity contribution in [3.05, 3.63) is 72.1 Å². The lowest BCUT2D eigenvalue weighted by atomic mass is 9.99. The first-order valence-electron chi connectivity index (χ1n) is 6.21. The Kier molecular flexibility index (Phi) is 3.11. The second-order valence-electron chi connectivity index (χ2n) is 4.40. The number of hydrogen-bond donors (Lipinski definition) is 0. The largest absolute Gasteiger partial charge is 0.454 e. The van der Waals surface area contributed by atoms with Gasteiger partial charge in [-0.2, -0.15) is 0 Å². The van der Waals surface area contributed by atoms with Crippen LogP contribution in [0.25, 0.3) is 5.57 Å². The van der Waals surface area contributed by atoms with Gasteiger partial charge in [0.1, 0.15) is 6.10 Å². The van der Waals surface area contributed by atoms with Crippen LogP contribution in [0.3, 0.4) is 0 Å². The molecule has 0 saturated carbocycles. The van der Waals surface area contributed by atoms with Crippen molar-refractivity contribution >= 4 is 11.5 Å². The highest BCUT2D eigenvalue weighted by Gasteiger charge is 2.24. The Morgan fingerprint density at radius 1 is 1.11 bits per heavy atom. The molecule has 1 aromatic carbocycles. The minimum atomic E-state index is -0.284. The highest BCUT2D eigenvalue weighted by Crippen LogP contribution is 2.31. The molecule has 0 spiro atoms. The average molecular weight is 251 g/mol. The van der Waals surface area contributed by atoms with E-state index in [-0.39, 0.29) is 12.1 Å². The minimum Gasteiger partial charge on any atom is -0.454 e. The predicted octanol–water partition coefficient (Wildman–Crippen LogP) is 3.15. The lowest BCUT2D eigenvalue weighted by Gasteiger charge is -2.22. The summed E-state index contributed by atoms with van der Waals surface area (Å²) in [5.41, 5.74) is 2.43. The van der Waals surface area contributed by atoms with Crippen molar-refractivity contribution in [2.24, 2.45) is 0 Å². The monoisotopic (exact) mass is 251 g/mol. The van der Waals surface area contributed by atoms with Gasteiger partial charge in [0, 0.05) is 24.4 Å². The first-order chi connectivity index (χ1) is 9.34. The molecular formula is C16H13NO2. The third-order valence-electron chi connectivity index (χ3n) is 3.15. The van der Waals surface area contributed by atoms with Crippen molar-refractivity contribution in [3.8, 4) is 0 Å². The summed E-state index contributed by atoms with van der Waals surface area (Å²) in [6.45, 7) is 0. The summed E-state index contributed by atoms with van der Waals surface area (Å²) in [4.78, 5) is 16.1. The van der Waals surface area contributed by atoms with E-state index in [1.807, 2.05) is 48.5 Å². The lowest BCUT2D eigenvalue weighted by molar-refractivity contribution is -0.143. The summed E-state index contributed by atoms with van der Waals surface area (Å²) in [5.74, 6) is -0.284. The molecule has 19 heavy (non-hydrogen) atoms. The van der Waals surface area contributed by atoms with Crippen molar-refractivity contribution in [1.82, 2.24) is 4.98 Å². The third-order valence-corrected chi connectivity index (χ3v) is 3.15. The van der Waals surface area contributed by atoms with Crippen LogP contribution < -0.4 is 0 Å². The fourth-order valence-electron chi connectivity index (χ4n) is 2.18. The molecule has 0 aliphatic carbocycles. The van der Waals surface area contributed by atoms with Gasteiger partial charge in [-0.05, 0) is 11.6 Å². The number of aromatic nitrogens is 1. The normalized spacial score (nSPS) is 18.6. The van der Waals surface area contributed by atoms with Gasteiger partial charge in [0.2, 0.25) is 0 Å². The van der Waals surface area contributed by atoms with Crippen LogP contribution in [-0.2, 0) is 9.53 Å². The molecule has 94 valence electrons. The molecule has 1 aromatic heterocycles. The molecule has 0 fully saturated rings. The van der Waals surface area contributed by atoms with E-state index in [1.165, 1.54) is 0 Å². The molecule has 1 atom stereocenters. The number of pyridine rings is 1. The number of nitrogens with zero attached hydrogens (tertiary/aromatic N) is 1. The van der Waals surface area contributed by atoms with E-state index in [1.54, 1.807) is 12.4 Å². The molecule has 1 unspecified atom stereocenters. The number of carbonyl (C=O) groups excluding carboxylic acids is 1. The Bertz CT molecular complexity index is 605. The van der Waals surface area contributed by atoms with Gasteiger partial charge < -0.3 is 4.74 Å². The molecule has 2 heterocycles. The maximum atomic E-state index is 12.1. The van der Waals surface area contributed by atoms with Crippen LogP contribution in [0.5, 0.6) is 0 Å². The van der Waals surface area contributed by atoms with Crippen LogP contribution in [0.15, 0.2) is 60.9 Å². The number of ether oxygens (including phenoxy) is 1. The van der Waals surface area contributed by atoms with Gasteiger partial charge in [-0.15, -0.1) is 0 Å². The van der Waals surface area contributed by atoms with Gasteiger partial charge in [-0.25, -0.2) is 4.79 Å². The number of esters is 1. The minimum absolute atomic E-state index is 0.186. The van der Waals surface area contributed by atoms with E-state index in [0.29, 0.717) is 12.0 Å². The van der Waals surface area contributed by atoms with Gasteiger partial charge in [0.25, 0.3) is 0 Å². The Labute approximate surface area is 111 Å². The number of carbonyl (C=O) groups is 1. The van der Waals surface area contributed by atoms with Crippen LogP contribution in [-0.4, -0.2) is 11.0 Å². The second kappa shape index (κ2) is 5.06. The molecule has 3 nitrogen and oxygen atoms in total. The quantitative estimate of drug-likeness (QED) is 0.770. The first kappa shape index (κ1) is 11.7. The summed E-state index contributed by atoms with van der Waals surface area (Å²) in [6, 6.07) is 13.5. The number of benzene rings is 1. The molecule has 0 bridgehead atoms. The van der Waals surface area contributed by atoms with E-state index in [4.69, 9.17) is 4.74 Å². The van der Waals surface area contributed by atoms with Gasteiger partial charge in [-0.1, -0.05) is 42.5 Å². The fraction of sp³-hybridized carbons (Fsp3) is 0.125. The van der Waals surface area contributed by atoms with Gasteiger partial charge in [0.05, 0.1) is 5.57 Å². The molecule has 3 heteroatoms. The topological polar surface area (TPSA) is 39.2 Å². The van der Waals surface area contributed by atoms with Crippen molar-refractivity contribution < 1.29 is 9.53 Å². The lowest BCUT2D eigenvalue weighted by Crippen LogP contribution is -2.17. The maximum absolute atomic E-state index is 12.1. The van der Waals surface area contributed by atoms with E-state index >= 15 is 0 Å². The van der Waals surface area contributed by atoms with Crippen molar-refractivity contribution in [2.45, 2.75) is 12.5 Å². The zero-order valence-corrected chi connectivity index (χ0v) is 10.3. The molecule has 1 aliphatic heterocycles. The van der Waals surface area contributed by atoms with E-state index in [0.717, 1.165) is 11.1 Å². The predicted molar refractivity (Wildman–Crippen MR) is 72.1 cm³/mol. The number of cyclic esters (lactones) is 1. The van der Waals surface area contributed by atoms with Crippen molar-refractivity contribution in [3.63, 3.8) is 0 Å². The van der Waals surface area contributed by atoms with E-state index in [2.05, 4.69) is 4.98 Å². The van der Waals surface area contributed by atoms with E-state index < -0.39 is 0 Å². The van der Waals surface area contributed by atoms with Crippen LogP contribution in [0.2, 0.25) is 0 Å². The Morgan fingerprint density at radius 2 is 1.95 bits per heavy atom. The number of rotatable bonds is 2. The molecule has 1 aliphatic rings. The summed E-state index contributed by atoms with van der Waals surface area (Å²) in [6.07, 6.45) is 5.80. The average Bonchev–Trinajstić information content (AvgIpc) is 2.49. The van der Waals surface area contributed by atoms with Crippen LogP contribution in [0.4, 0.5) is 0 Å². The summed E-state index contributed by atoms with van der Waals surface area (Å²) in [7, 11) is 0. The van der Waals surface area contributed by atoms with Crippen molar-refractivity contribution in [2.75, 3.05) is 0 Å². The van der Waals surface area contributed by atoms with Crippen LogP contribution in [0, 0.1) is 0 Å². The molecular weight excluding hydrogens is 238 g/mol. The summed E-state index contributed by atoms with van der Waals surface area (Å²) >= 11 is 0. The molecule has 0 amide bonds. The Balaban J connectivity index is 1.85. The zero-order valence-electron chi connectivity index (χ0n) is 10.3. The molecule has 0 N–H and O–H groups in total. The van der Waals surface area contributed by atoms with Crippen LogP contribution in [0.1, 0.15) is 23.7 Å². The first-order valence-corrected chi connectivity index (χ1v) is 6.21. The maximum Gasteiger partial charge on any atom is 0.339 e. The molecule has 0 radical (unpaired) electrons. The SMILES string of the molecule is O=C1OC(c2ccccc2)CC=C1c1cccnc1. The van der Waals surface area contributed by atoms with Gasteiger partial charge in [-0.3, -0.25) is 4.98 Å². The Morgan fingerprint density at radius 3 is 2.63 bits per heavy atom. The number of hydrogen-bond acceptors (Lipinski definition) is 3. The van der Waals surface area contributed by atoms with Crippen molar-refractivity contribution in [1.29, 1.82) is 0 Å². The summed E-state index contributed by atoms with van der Waals surface area (Å²) < 4.78 is 5.50. The molecule has 2 aromatic rings. The van der Waals surface area contributed by atoms with Gasteiger partial charge >= 0.3 is 5.97 Å². The Hall–Kier alpha value is -2.42.